The van der Waals surface area contributed by atoms with Crippen LogP contribution in [0.15, 0.2) is 11.8 Å². The number of nitrogens with two attached hydrogens (primary N) is 1. The van der Waals surface area contributed by atoms with Crippen LogP contribution in [0.25, 0.3) is 0 Å². The molecular formula is C46H82N6O10S. The summed E-state index contributed by atoms with van der Waals surface area (Å²) < 4.78 is 8.56. The second-order valence-electron chi connectivity index (χ2n) is 16.8. The zero-order valence-electron chi connectivity index (χ0n) is 38.2. The molecule has 17 heteroatoms. The summed E-state index contributed by atoms with van der Waals surface area (Å²) in [7, 11) is 0. The van der Waals surface area contributed by atoms with Gasteiger partial charge in [0.25, 0.3) is 0 Å². The predicted molar refractivity (Wildman–Crippen MR) is 250 cm³/mol. The number of hydrogen-bond acceptors (Lipinski definition) is 11. The Kier molecular flexibility index (Phi) is 36.3. The van der Waals surface area contributed by atoms with E-state index in [2.05, 4.69) is 34.0 Å². The lowest BCUT2D eigenvalue weighted by Gasteiger charge is -2.29. The molecule has 3 aliphatic rings. The number of Topliss-reactive ketones (excluding diaryl/α,β-unsaturated/α-hetero) is 1. The normalized spacial score (nSPS) is 17.3. The molecule has 2 heterocycles. The number of nitrogens with one attached hydrogen (secondary N) is 3. The maximum absolute atomic E-state index is 12.1. The van der Waals surface area contributed by atoms with E-state index in [4.69, 9.17) is 15.4 Å². The maximum Gasteiger partial charge on any atom is 0.305 e. The van der Waals surface area contributed by atoms with E-state index in [1.165, 1.54) is 51.4 Å². The van der Waals surface area contributed by atoms with Crippen molar-refractivity contribution in [2.75, 3.05) is 39.3 Å². The average molecular weight is 911 g/mol. The Morgan fingerprint density at radius 3 is 1.83 bits per heavy atom. The van der Waals surface area contributed by atoms with Crippen LogP contribution in [0, 0.1) is 40.8 Å². The van der Waals surface area contributed by atoms with Crippen molar-refractivity contribution in [3.8, 4) is 11.2 Å². The molecule has 8 N–H and O–H groups in total. The van der Waals surface area contributed by atoms with Crippen molar-refractivity contribution in [3.05, 3.63) is 11.8 Å². The van der Waals surface area contributed by atoms with Crippen molar-refractivity contribution in [2.24, 2.45) is 35.3 Å². The molecule has 63 heavy (non-hydrogen) atoms. The van der Waals surface area contributed by atoms with E-state index in [9.17, 15) is 38.7 Å². The molecule has 0 aromatic heterocycles. The molecule has 0 aromatic carbocycles. The Hall–Kier alpha value is -3.98. The highest BCUT2D eigenvalue weighted by molar-refractivity contribution is 7.98. The van der Waals surface area contributed by atoms with Crippen LogP contribution in [0.2, 0.25) is 0 Å². The highest BCUT2D eigenvalue weighted by Crippen LogP contribution is 2.31. The van der Waals surface area contributed by atoms with Gasteiger partial charge in [-0.05, 0) is 88.3 Å². The number of carbonyl (C=O) groups is 7. The number of allylic oxidation sites excluding steroid dienone is 1. The summed E-state index contributed by atoms with van der Waals surface area (Å²) in [6, 6.07) is -1.80. The lowest BCUT2D eigenvalue weighted by molar-refractivity contribution is -0.142. The van der Waals surface area contributed by atoms with E-state index >= 15 is 0 Å². The van der Waals surface area contributed by atoms with Crippen LogP contribution in [-0.4, -0.2) is 118 Å². The number of aliphatic carboxylic acids is 1. The standard InChI is InChI=1S/C13H20N2O4S.C12H24N2O.C11H20O.C9H14N2O4.CH4/c1-9(2)6-11(7-16)15-13(18)12(14-8-17)10(3)4-5-20-19;1-11(7-3-4-8-13)12(15)14-9-5-2-6-10-14;1-9(8-10(2)12)11-6-4-3-5-7-11;12-6-10-7(5-8(13)14)9(15)11-3-1-2-4-11;/h6,8-10,12,16,19H,7H2,1-3H3,(H,14,17)(H,15,18);11H,2-10,13H2,1H3;9,11H,3-8H2,1-2H3;6-7H,1-5H2,(H,10,12)(H,13,14);1H4/b11-6+;;;;/t10?,12-;11-;9-;7-;/m0000./s1. The van der Waals surface area contributed by atoms with E-state index < -0.39 is 29.9 Å². The van der Waals surface area contributed by atoms with E-state index in [1.807, 2.05) is 25.7 Å². The number of carbonyl (C=O) groups excluding carboxylic acids is 6. The molecule has 5 amide bonds. The molecule has 1 aliphatic carbocycles. The third kappa shape index (κ3) is 28.4. The predicted octanol–water partition coefficient (Wildman–Crippen LogP) is 5.33. The molecule has 0 spiro atoms. The van der Waals surface area contributed by atoms with Crippen molar-refractivity contribution in [1.82, 2.24) is 25.8 Å². The van der Waals surface area contributed by atoms with Gasteiger partial charge in [-0.15, -0.1) is 0 Å². The highest BCUT2D eigenvalue weighted by Gasteiger charge is 2.28. The van der Waals surface area contributed by atoms with Gasteiger partial charge in [-0.25, -0.2) is 0 Å². The molecule has 3 rings (SSSR count). The number of piperidine rings is 1. The fourth-order valence-electron chi connectivity index (χ4n) is 7.60. The van der Waals surface area contributed by atoms with Crippen molar-refractivity contribution in [1.29, 1.82) is 0 Å². The molecule has 0 bridgehead atoms. The maximum atomic E-state index is 12.1. The smallest absolute Gasteiger partial charge is 0.305 e. The summed E-state index contributed by atoms with van der Waals surface area (Å²) in [5.41, 5.74) is 5.81. The number of hydrogen-bond donors (Lipinski definition) is 7. The van der Waals surface area contributed by atoms with E-state index in [0.717, 1.165) is 64.1 Å². The minimum absolute atomic E-state index is 0. The van der Waals surface area contributed by atoms with Crippen molar-refractivity contribution in [3.63, 3.8) is 0 Å². The van der Waals surface area contributed by atoms with Crippen LogP contribution in [0.1, 0.15) is 145 Å². The molecule has 3 fully saturated rings. The van der Waals surface area contributed by atoms with Gasteiger partial charge >= 0.3 is 5.97 Å². The zero-order valence-corrected chi connectivity index (χ0v) is 39.0. The first kappa shape index (κ1) is 61.1. The van der Waals surface area contributed by atoms with Gasteiger partial charge in [-0.1, -0.05) is 85.6 Å². The molecule has 1 saturated carbocycles. The number of nitrogens with zero attached hydrogens (tertiary/aromatic N) is 2. The number of aliphatic hydroxyl groups is 1. The van der Waals surface area contributed by atoms with Gasteiger partial charge in [-0.3, -0.25) is 28.8 Å². The Morgan fingerprint density at radius 1 is 0.810 bits per heavy atom. The van der Waals surface area contributed by atoms with Crippen LogP contribution in [0.3, 0.4) is 0 Å². The summed E-state index contributed by atoms with van der Waals surface area (Å²) in [6.45, 7) is 15.1. The van der Waals surface area contributed by atoms with E-state index in [0.29, 0.717) is 61.3 Å². The van der Waals surface area contributed by atoms with Crippen molar-refractivity contribution >= 4 is 54.3 Å². The number of rotatable bonds is 20. The molecule has 5 atom stereocenters. The van der Waals surface area contributed by atoms with Crippen molar-refractivity contribution in [2.45, 2.75) is 157 Å². The van der Waals surface area contributed by atoms with Crippen LogP contribution < -0.4 is 21.7 Å². The summed E-state index contributed by atoms with van der Waals surface area (Å²) >= 11 is 0.344. The van der Waals surface area contributed by atoms with Gasteiger partial charge in [-0.2, -0.15) is 0 Å². The lowest BCUT2D eigenvalue weighted by Crippen LogP contribution is -2.47. The molecule has 16 nitrogen and oxygen atoms in total. The van der Waals surface area contributed by atoms with Gasteiger partial charge in [0.15, 0.2) is 0 Å². The number of carboxylic acids is 1. The van der Waals surface area contributed by atoms with Crippen LogP contribution in [-0.2, 0) is 33.6 Å². The average Bonchev–Trinajstić information content (AvgIpc) is 3.80. The molecule has 2 aliphatic heterocycles. The van der Waals surface area contributed by atoms with Gasteiger partial charge in [0.1, 0.15) is 17.9 Å². The number of aliphatic hydroxyl groups excluding tert-OH is 1. The van der Waals surface area contributed by atoms with Crippen LogP contribution in [0.4, 0.5) is 0 Å². The van der Waals surface area contributed by atoms with Gasteiger partial charge < -0.3 is 51.0 Å². The van der Waals surface area contributed by atoms with Crippen LogP contribution in [0.5, 0.6) is 0 Å². The Bertz CT molecular complexity index is 1420. The topological polar surface area (TPSA) is 249 Å². The SMILES string of the molecule is C.CC(=O)C[C@H](C)C1CCCCC1.CC(C)/C=C(\CO)NC(=O)[C@@H](NC=O)C(C)C#CSO.C[C@@H](CCCCN)C(=O)N1CCCCC1.O=CN[C@@H](CC(=O)O)C(=O)N1CCCC1. The van der Waals surface area contributed by atoms with Crippen LogP contribution >= 0.6 is 12.0 Å². The number of likely N-dealkylation sites (tertiary alicyclic amines) is 2. The largest absolute Gasteiger partial charge is 0.481 e. The molecule has 0 radical (unpaired) electrons. The molecule has 0 aromatic rings. The minimum Gasteiger partial charge on any atom is -0.481 e. The first-order valence-corrected chi connectivity index (χ1v) is 23.1. The lowest BCUT2D eigenvalue weighted by atomic mass is 9.79. The molecule has 362 valence electrons. The fraction of sp³-hybridized carbons (Fsp3) is 0.761. The van der Waals surface area contributed by atoms with Gasteiger partial charge in [0.2, 0.25) is 30.5 Å². The molecule has 1 unspecified atom stereocenters. The summed E-state index contributed by atoms with van der Waals surface area (Å²) in [5, 5.41) is 27.3. The quantitative estimate of drug-likeness (QED) is 0.0355. The third-order valence-corrected chi connectivity index (χ3v) is 11.2. The second kappa shape index (κ2) is 37.4. The number of amides is 5. The molecular weight excluding hydrogens is 829 g/mol. The zero-order chi connectivity index (χ0) is 46.9. The second-order valence-corrected chi connectivity index (χ2v) is 17.2. The van der Waals surface area contributed by atoms with Gasteiger partial charge in [0.05, 0.1) is 25.1 Å². The number of unbranched alkanes of at least 4 members (excludes halogenated alkanes) is 1. The monoisotopic (exact) mass is 911 g/mol. The number of ketones is 1. The first-order chi connectivity index (χ1) is 29.6. The third-order valence-electron chi connectivity index (χ3n) is 11.0. The summed E-state index contributed by atoms with van der Waals surface area (Å²) in [6.07, 6.45) is 18.4. The van der Waals surface area contributed by atoms with E-state index in [1.54, 1.807) is 24.8 Å². The van der Waals surface area contributed by atoms with E-state index in [-0.39, 0.29) is 38.2 Å². The Morgan fingerprint density at radius 2 is 1.35 bits per heavy atom. The Balaban J connectivity index is 0. The minimum atomic E-state index is -1.10. The summed E-state index contributed by atoms with van der Waals surface area (Å²) in [5.74, 6) is 2.80. The first-order valence-electron chi connectivity index (χ1n) is 22.4. The number of carboxylic acid groups (broad SMARTS) is 1. The Labute approximate surface area is 382 Å². The molecule has 2 saturated heterocycles. The summed E-state index contributed by atoms with van der Waals surface area (Å²) in [4.78, 5) is 81.6. The highest BCUT2D eigenvalue weighted by atomic mass is 32.2. The van der Waals surface area contributed by atoms with Crippen molar-refractivity contribution < 1.29 is 48.3 Å². The fourth-order valence-corrected chi connectivity index (χ4v) is 7.83. The van der Waals surface area contributed by atoms with Gasteiger partial charge in [0, 0.05) is 50.1 Å².